The molecule has 1 aliphatic rings. The summed E-state index contributed by atoms with van der Waals surface area (Å²) < 4.78 is 15.6. The van der Waals surface area contributed by atoms with E-state index in [1.165, 1.54) is 25.7 Å². The lowest BCUT2D eigenvalue weighted by molar-refractivity contribution is 0.179. The van der Waals surface area contributed by atoms with E-state index in [9.17, 15) is 5.11 Å². The molecule has 0 heterocycles. The number of aliphatic hydroxyl groups is 1. The van der Waals surface area contributed by atoms with Crippen LogP contribution in [0.4, 0.5) is 4.39 Å². The van der Waals surface area contributed by atoms with Crippen molar-refractivity contribution in [1.29, 1.82) is 0 Å². The third-order valence-corrected chi connectivity index (χ3v) is 6.32. The van der Waals surface area contributed by atoms with Gasteiger partial charge in [0.2, 0.25) is 0 Å². The first-order chi connectivity index (χ1) is 12.0. The Morgan fingerprint density at radius 3 is 2.64 bits per heavy atom. The van der Waals surface area contributed by atoms with Gasteiger partial charge in [-0.2, -0.15) is 0 Å². The molecule has 0 saturated heterocycles. The predicted octanol–water partition coefficient (Wildman–Crippen LogP) is 6.94. The minimum Gasteiger partial charge on any atom is -0.384 e. The van der Waals surface area contributed by atoms with Gasteiger partial charge in [0.05, 0.1) is 0 Å². The molecule has 0 aromatic heterocycles. The molecule has 1 saturated carbocycles. The summed E-state index contributed by atoms with van der Waals surface area (Å²) in [5, 5.41) is 12.2. The third kappa shape index (κ3) is 3.83. The lowest BCUT2D eigenvalue weighted by Gasteiger charge is -2.32. The monoisotopic (exact) mass is 404 g/mol. The van der Waals surface area contributed by atoms with E-state index < -0.39 is 6.10 Å². The fourth-order valence-corrected chi connectivity index (χ4v) is 4.81. The molecule has 3 heteroatoms. The zero-order valence-electron chi connectivity index (χ0n) is 14.8. The van der Waals surface area contributed by atoms with Gasteiger partial charge < -0.3 is 5.11 Å². The molecule has 0 spiro atoms. The van der Waals surface area contributed by atoms with Gasteiger partial charge in [-0.05, 0) is 54.5 Å². The van der Waals surface area contributed by atoms with Crippen LogP contribution in [0.25, 0.3) is 10.8 Å². The summed E-state index contributed by atoms with van der Waals surface area (Å²) in [6.07, 6.45) is 6.02. The van der Waals surface area contributed by atoms with Crippen molar-refractivity contribution in [2.24, 2.45) is 11.8 Å². The summed E-state index contributed by atoms with van der Waals surface area (Å²) in [5.41, 5.74) is 1.07. The molecule has 2 aromatic rings. The first-order valence-electron chi connectivity index (χ1n) is 9.26. The zero-order chi connectivity index (χ0) is 18.0. The van der Waals surface area contributed by atoms with Gasteiger partial charge in [-0.25, -0.2) is 4.39 Å². The molecule has 0 amide bonds. The van der Waals surface area contributed by atoms with Crippen molar-refractivity contribution in [3.05, 3.63) is 58.3 Å². The van der Waals surface area contributed by atoms with Crippen molar-refractivity contribution in [3.63, 3.8) is 0 Å². The highest BCUT2D eigenvalue weighted by Gasteiger charge is 2.29. The maximum absolute atomic E-state index is 15.0. The second-order valence-corrected chi connectivity index (χ2v) is 8.15. The zero-order valence-corrected chi connectivity index (χ0v) is 16.4. The van der Waals surface area contributed by atoms with E-state index in [1.54, 1.807) is 6.07 Å². The highest BCUT2D eigenvalue weighted by molar-refractivity contribution is 9.10. The summed E-state index contributed by atoms with van der Waals surface area (Å²) >= 11 is 3.45. The van der Waals surface area contributed by atoms with Crippen LogP contribution in [0.3, 0.4) is 0 Å². The Labute approximate surface area is 158 Å². The Hall–Kier alpha value is -1.19. The van der Waals surface area contributed by atoms with E-state index in [2.05, 4.69) is 29.4 Å². The maximum Gasteiger partial charge on any atom is 0.138 e. The molecule has 1 unspecified atom stereocenters. The van der Waals surface area contributed by atoms with Crippen LogP contribution in [-0.2, 0) is 0 Å². The van der Waals surface area contributed by atoms with E-state index >= 15 is 4.39 Å². The Kier molecular flexibility index (Phi) is 5.96. The fraction of sp³-hybridized carbons (Fsp3) is 0.455. The van der Waals surface area contributed by atoms with Crippen molar-refractivity contribution < 1.29 is 9.50 Å². The Balaban J connectivity index is 1.82. The lowest BCUT2D eigenvalue weighted by atomic mass is 9.75. The number of halogens is 2. The fourth-order valence-electron chi connectivity index (χ4n) is 4.18. The molecule has 1 N–H and O–H groups in total. The molecule has 1 aliphatic carbocycles. The molecular weight excluding hydrogens is 379 g/mol. The van der Waals surface area contributed by atoms with Crippen LogP contribution < -0.4 is 0 Å². The number of hydrogen-bond acceptors (Lipinski definition) is 1. The Bertz CT molecular complexity index is 762. The van der Waals surface area contributed by atoms with Crippen LogP contribution in [0.5, 0.6) is 0 Å². The minimum absolute atomic E-state index is 0.279. The molecule has 1 fully saturated rings. The standard InChI is InChI=1S/C22H26BrFO/c1-3-6-15-9-11-16(12-10-15)14(2)22(25)20-19(23)13-17-7-4-5-8-18(17)21(20)24/h4-5,7-8,13,15-16,22,25H,2-3,6,9-12H2,1H3. The minimum atomic E-state index is -0.966. The molecule has 2 aromatic carbocycles. The van der Waals surface area contributed by atoms with Gasteiger partial charge in [0.1, 0.15) is 11.9 Å². The van der Waals surface area contributed by atoms with Gasteiger partial charge in [-0.15, -0.1) is 0 Å². The van der Waals surface area contributed by atoms with Gasteiger partial charge in [-0.3, -0.25) is 0 Å². The van der Waals surface area contributed by atoms with E-state index in [0.717, 1.165) is 29.7 Å². The van der Waals surface area contributed by atoms with Crippen molar-refractivity contribution in [3.8, 4) is 0 Å². The van der Waals surface area contributed by atoms with Crippen molar-refractivity contribution in [1.82, 2.24) is 0 Å². The van der Waals surface area contributed by atoms with E-state index in [1.807, 2.05) is 24.3 Å². The molecule has 1 nitrogen and oxygen atoms in total. The number of hydrogen-bond donors (Lipinski definition) is 1. The van der Waals surface area contributed by atoms with Crippen molar-refractivity contribution in [2.75, 3.05) is 0 Å². The topological polar surface area (TPSA) is 20.2 Å². The predicted molar refractivity (Wildman–Crippen MR) is 106 cm³/mol. The van der Waals surface area contributed by atoms with Crippen molar-refractivity contribution >= 4 is 26.7 Å². The normalized spacial score (nSPS) is 22.1. The highest BCUT2D eigenvalue weighted by Crippen LogP contribution is 2.42. The van der Waals surface area contributed by atoms with E-state index in [-0.39, 0.29) is 11.7 Å². The van der Waals surface area contributed by atoms with Crippen LogP contribution in [0.15, 0.2) is 47.0 Å². The lowest BCUT2D eigenvalue weighted by Crippen LogP contribution is -2.19. The average Bonchev–Trinajstić information content (AvgIpc) is 2.62. The number of aliphatic hydroxyl groups excluding tert-OH is 1. The van der Waals surface area contributed by atoms with Gasteiger partial charge in [0, 0.05) is 15.4 Å². The summed E-state index contributed by atoms with van der Waals surface area (Å²) in [7, 11) is 0. The molecule has 0 bridgehead atoms. The second-order valence-electron chi connectivity index (χ2n) is 7.29. The summed E-state index contributed by atoms with van der Waals surface area (Å²) in [5.74, 6) is 0.731. The molecular formula is C22H26BrFO. The third-order valence-electron chi connectivity index (χ3n) is 5.67. The van der Waals surface area contributed by atoms with Gasteiger partial charge in [0.25, 0.3) is 0 Å². The second kappa shape index (κ2) is 8.01. The van der Waals surface area contributed by atoms with Crippen LogP contribution in [0.1, 0.15) is 57.1 Å². The summed E-state index contributed by atoms with van der Waals surface area (Å²) in [4.78, 5) is 0. The van der Waals surface area contributed by atoms with Crippen LogP contribution in [0, 0.1) is 17.7 Å². The first kappa shape index (κ1) is 18.6. The Morgan fingerprint density at radius 1 is 1.28 bits per heavy atom. The van der Waals surface area contributed by atoms with Crippen LogP contribution in [0.2, 0.25) is 0 Å². The first-order valence-corrected chi connectivity index (χ1v) is 10.1. The molecule has 134 valence electrons. The number of benzene rings is 2. The van der Waals surface area contributed by atoms with Gasteiger partial charge in [-0.1, -0.05) is 66.5 Å². The SMILES string of the molecule is C=C(C1CCC(CCC)CC1)C(O)c1c(Br)cc2ccccc2c1F. The number of rotatable bonds is 5. The van der Waals surface area contributed by atoms with Gasteiger partial charge >= 0.3 is 0 Å². The van der Waals surface area contributed by atoms with E-state index in [4.69, 9.17) is 0 Å². The molecule has 25 heavy (non-hydrogen) atoms. The molecule has 1 atom stereocenters. The van der Waals surface area contributed by atoms with Crippen molar-refractivity contribution in [2.45, 2.75) is 51.6 Å². The molecule has 0 radical (unpaired) electrons. The molecule has 3 rings (SSSR count). The van der Waals surface area contributed by atoms with Crippen LogP contribution >= 0.6 is 15.9 Å². The van der Waals surface area contributed by atoms with Crippen LogP contribution in [-0.4, -0.2) is 5.11 Å². The summed E-state index contributed by atoms with van der Waals surface area (Å²) in [6, 6.07) is 9.22. The largest absolute Gasteiger partial charge is 0.384 e. The van der Waals surface area contributed by atoms with E-state index in [0.29, 0.717) is 15.4 Å². The smallest absolute Gasteiger partial charge is 0.138 e. The quantitative estimate of drug-likeness (QED) is 0.535. The average molecular weight is 405 g/mol. The highest BCUT2D eigenvalue weighted by atomic mass is 79.9. The van der Waals surface area contributed by atoms with Gasteiger partial charge in [0.15, 0.2) is 0 Å². The summed E-state index contributed by atoms with van der Waals surface area (Å²) in [6.45, 7) is 6.38. The molecule has 0 aliphatic heterocycles. The Morgan fingerprint density at radius 2 is 1.96 bits per heavy atom. The number of fused-ring (bicyclic) bond motifs is 1. The maximum atomic E-state index is 15.0.